The third kappa shape index (κ3) is 2.15. The molecule has 13 heavy (non-hydrogen) atoms. The molecule has 2 rings (SSSR count). The van der Waals surface area contributed by atoms with Crippen LogP contribution in [0.25, 0.3) is 0 Å². The van der Waals surface area contributed by atoms with Gasteiger partial charge < -0.3 is 0 Å². The predicted molar refractivity (Wildman–Crippen MR) is 57.6 cm³/mol. The average Bonchev–Trinajstić information content (AvgIpc) is 2.46. The van der Waals surface area contributed by atoms with Crippen LogP contribution in [0, 0.1) is 17.8 Å². The van der Waals surface area contributed by atoms with Gasteiger partial charge in [0.05, 0.1) is 0 Å². The van der Waals surface area contributed by atoms with Crippen LogP contribution in [0.2, 0.25) is 0 Å². The van der Waals surface area contributed by atoms with Gasteiger partial charge in [0.2, 0.25) is 0 Å². The maximum Gasteiger partial charge on any atom is -0.0297 e. The molecular formula is C13H22. The Kier molecular flexibility index (Phi) is 2.76. The van der Waals surface area contributed by atoms with Gasteiger partial charge in [-0.05, 0) is 43.9 Å². The zero-order valence-electron chi connectivity index (χ0n) is 8.89. The lowest BCUT2D eigenvalue weighted by molar-refractivity contribution is 0.126. The molecule has 0 atom stereocenters. The Morgan fingerprint density at radius 1 is 1.15 bits per heavy atom. The maximum atomic E-state index is 4.00. The van der Waals surface area contributed by atoms with Gasteiger partial charge >= 0.3 is 0 Å². The van der Waals surface area contributed by atoms with Crippen molar-refractivity contribution in [3.8, 4) is 0 Å². The van der Waals surface area contributed by atoms with Crippen molar-refractivity contribution >= 4 is 0 Å². The zero-order valence-corrected chi connectivity index (χ0v) is 8.89. The van der Waals surface area contributed by atoms with Gasteiger partial charge in [-0.2, -0.15) is 0 Å². The lowest BCUT2D eigenvalue weighted by Gasteiger charge is -2.39. The molecule has 0 heterocycles. The summed E-state index contributed by atoms with van der Waals surface area (Å²) in [5.41, 5.74) is 1.38. The molecule has 0 aromatic carbocycles. The van der Waals surface area contributed by atoms with Crippen LogP contribution in [0.4, 0.5) is 0 Å². The van der Waals surface area contributed by atoms with Crippen LogP contribution in [-0.4, -0.2) is 0 Å². The van der Waals surface area contributed by atoms with Crippen molar-refractivity contribution in [3.05, 3.63) is 12.2 Å². The Bertz CT molecular complexity index is 180. The Morgan fingerprint density at radius 2 is 1.77 bits per heavy atom. The molecule has 2 fully saturated rings. The van der Waals surface area contributed by atoms with Gasteiger partial charge in [0, 0.05) is 0 Å². The van der Waals surface area contributed by atoms with Gasteiger partial charge in [-0.15, -0.1) is 6.58 Å². The second-order valence-corrected chi connectivity index (χ2v) is 5.30. The smallest absolute Gasteiger partial charge is 0.0297 e. The molecule has 0 saturated heterocycles. The van der Waals surface area contributed by atoms with Crippen LogP contribution in [-0.2, 0) is 0 Å². The highest BCUT2D eigenvalue weighted by atomic mass is 14.4. The van der Waals surface area contributed by atoms with Crippen molar-refractivity contribution in [3.63, 3.8) is 0 Å². The largest absolute Gasteiger partial charge is 0.100 e. The van der Waals surface area contributed by atoms with Crippen LogP contribution >= 0.6 is 0 Å². The van der Waals surface area contributed by atoms with Crippen LogP contribution < -0.4 is 0 Å². The molecule has 74 valence electrons. The third-order valence-corrected chi connectivity index (χ3v) is 3.98. The Hall–Kier alpha value is -0.260. The quantitative estimate of drug-likeness (QED) is 0.569. The van der Waals surface area contributed by atoms with E-state index in [1.807, 2.05) is 0 Å². The van der Waals surface area contributed by atoms with Gasteiger partial charge in [0.15, 0.2) is 0 Å². The molecule has 0 N–H and O–H groups in total. The van der Waals surface area contributed by atoms with Crippen LogP contribution in [0.5, 0.6) is 0 Å². The maximum absolute atomic E-state index is 4.00. The van der Waals surface area contributed by atoms with E-state index >= 15 is 0 Å². The fourth-order valence-electron chi connectivity index (χ4n) is 3.26. The van der Waals surface area contributed by atoms with Gasteiger partial charge in [-0.1, -0.05) is 31.3 Å². The summed E-state index contributed by atoms with van der Waals surface area (Å²) in [6.45, 7) is 6.17. The Morgan fingerprint density at radius 3 is 2.31 bits per heavy atom. The van der Waals surface area contributed by atoms with Crippen molar-refractivity contribution in [2.24, 2.45) is 17.8 Å². The highest BCUT2D eigenvalue weighted by Crippen LogP contribution is 2.47. The van der Waals surface area contributed by atoms with Gasteiger partial charge in [0.25, 0.3) is 0 Å². The monoisotopic (exact) mass is 178 g/mol. The first kappa shape index (κ1) is 9.30. The van der Waals surface area contributed by atoms with Crippen molar-refractivity contribution in [1.29, 1.82) is 0 Å². The summed E-state index contributed by atoms with van der Waals surface area (Å²) in [6.07, 6.45) is 10.4. The Balaban J connectivity index is 1.68. The standard InChI is InChI=1S/C13H22/c1-10(2)7-11-8-13(9-11)12-5-3-4-6-12/h11-13H,1,3-9H2,2H3. The molecule has 2 saturated carbocycles. The first-order valence-corrected chi connectivity index (χ1v) is 5.90. The summed E-state index contributed by atoms with van der Waals surface area (Å²) >= 11 is 0. The fraction of sp³-hybridized carbons (Fsp3) is 0.846. The molecular weight excluding hydrogens is 156 g/mol. The molecule has 0 nitrogen and oxygen atoms in total. The summed E-state index contributed by atoms with van der Waals surface area (Å²) in [5, 5.41) is 0. The first-order valence-electron chi connectivity index (χ1n) is 5.90. The average molecular weight is 178 g/mol. The van der Waals surface area contributed by atoms with E-state index in [0.29, 0.717) is 0 Å². The zero-order chi connectivity index (χ0) is 9.26. The number of hydrogen-bond acceptors (Lipinski definition) is 0. The molecule has 0 aliphatic heterocycles. The van der Waals surface area contributed by atoms with Crippen molar-refractivity contribution in [2.45, 2.75) is 51.9 Å². The molecule has 0 spiro atoms. The first-order chi connectivity index (χ1) is 6.25. The SMILES string of the molecule is C=C(C)CC1CC(C2CCCC2)C1. The predicted octanol–water partition coefficient (Wildman–Crippen LogP) is 4.17. The molecule has 0 unspecified atom stereocenters. The van der Waals surface area contributed by atoms with Crippen molar-refractivity contribution < 1.29 is 0 Å². The highest BCUT2D eigenvalue weighted by Gasteiger charge is 2.35. The molecule has 2 aliphatic carbocycles. The Labute approximate surface area is 82.4 Å². The van der Waals surface area contributed by atoms with E-state index in [4.69, 9.17) is 0 Å². The van der Waals surface area contributed by atoms with E-state index in [9.17, 15) is 0 Å². The van der Waals surface area contributed by atoms with E-state index < -0.39 is 0 Å². The normalized spacial score (nSPS) is 34.5. The van der Waals surface area contributed by atoms with E-state index in [1.165, 1.54) is 50.5 Å². The molecule has 0 amide bonds. The van der Waals surface area contributed by atoms with Crippen LogP contribution in [0.15, 0.2) is 12.2 Å². The lowest BCUT2D eigenvalue weighted by atomic mass is 9.66. The minimum absolute atomic E-state index is 1.00. The summed E-state index contributed by atoms with van der Waals surface area (Å²) in [4.78, 5) is 0. The molecule has 0 bridgehead atoms. The van der Waals surface area contributed by atoms with E-state index in [0.717, 1.165) is 17.8 Å². The van der Waals surface area contributed by atoms with E-state index in [-0.39, 0.29) is 0 Å². The lowest BCUT2D eigenvalue weighted by Crippen LogP contribution is -2.29. The fourth-order valence-corrected chi connectivity index (χ4v) is 3.26. The van der Waals surface area contributed by atoms with Crippen LogP contribution in [0.1, 0.15) is 51.9 Å². The van der Waals surface area contributed by atoms with E-state index in [2.05, 4.69) is 13.5 Å². The van der Waals surface area contributed by atoms with Gasteiger partial charge in [-0.25, -0.2) is 0 Å². The third-order valence-electron chi connectivity index (χ3n) is 3.98. The highest BCUT2D eigenvalue weighted by molar-refractivity contribution is 4.96. The number of hydrogen-bond donors (Lipinski definition) is 0. The summed E-state index contributed by atoms with van der Waals surface area (Å²) < 4.78 is 0. The van der Waals surface area contributed by atoms with Crippen molar-refractivity contribution in [1.82, 2.24) is 0 Å². The van der Waals surface area contributed by atoms with Gasteiger partial charge in [0.1, 0.15) is 0 Å². The van der Waals surface area contributed by atoms with Crippen molar-refractivity contribution in [2.75, 3.05) is 0 Å². The molecule has 0 aromatic rings. The summed E-state index contributed by atoms with van der Waals surface area (Å²) in [7, 11) is 0. The number of rotatable bonds is 3. The second-order valence-electron chi connectivity index (χ2n) is 5.30. The molecule has 2 aliphatic rings. The van der Waals surface area contributed by atoms with Gasteiger partial charge in [-0.3, -0.25) is 0 Å². The number of allylic oxidation sites excluding steroid dienone is 1. The summed E-state index contributed by atoms with van der Waals surface area (Å²) in [6, 6.07) is 0. The molecule has 0 heteroatoms. The topological polar surface area (TPSA) is 0 Å². The van der Waals surface area contributed by atoms with E-state index in [1.54, 1.807) is 0 Å². The minimum Gasteiger partial charge on any atom is -0.100 e. The minimum atomic E-state index is 1.00. The summed E-state index contributed by atoms with van der Waals surface area (Å²) in [5.74, 6) is 3.22. The molecule has 0 radical (unpaired) electrons. The second kappa shape index (κ2) is 3.86. The van der Waals surface area contributed by atoms with Crippen LogP contribution in [0.3, 0.4) is 0 Å². The molecule has 0 aromatic heterocycles.